The van der Waals surface area contributed by atoms with Gasteiger partial charge in [-0.15, -0.1) is 0 Å². The summed E-state index contributed by atoms with van der Waals surface area (Å²) in [4.78, 5) is -0.564. The summed E-state index contributed by atoms with van der Waals surface area (Å²) in [6, 6.07) is 3.49. The molecule has 1 N–H and O–H groups in total. The summed E-state index contributed by atoms with van der Waals surface area (Å²) < 4.78 is 64.3. The summed E-state index contributed by atoms with van der Waals surface area (Å²) in [6.07, 6.45) is -1.41. The zero-order valence-electron chi connectivity index (χ0n) is 11.3. The fourth-order valence-electron chi connectivity index (χ4n) is 3.40. The van der Waals surface area contributed by atoms with Gasteiger partial charge < -0.3 is 5.32 Å². The average molecular weight is 319 g/mol. The molecule has 0 amide bonds. The van der Waals surface area contributed by atoms with Crippen molar-refractivity contribution in [2.75, 3.05) is 11.9 Å². The Morgan fingerprint density at radius 3 is 2.38 bits per heavy atom. The molecule has 2 aliphatic rings. The molecule has 1 aromatic carbocycles. The van der Waals surface area contributed by atoms with Crippen molar-refractivity contribution in [3.05, 3.63) is 23.8 Å². The van der Waals surface area contributed by atoms with Crippen LogP contribution in [0.5, 0.6) is 0 Å². The van der Waals surface area contributed by atoms with Gasteiger partial charge in [0.05, 0.1) is 16.0 Å². The standard InChI is InChI=1S/C14H16F3NO2S/c15-14(16,17)10-5-4-6-11-12(10)21(19,20)13(9-18-11)7-2-1-3-8-13/h4-6,18H,1-3,7-9H2. The second kappa shape index (κ2) is 4.63. The first-order valence-corrected chi connectivity index (χ1v) is 8.45. The molecule has 1 spiro atoms. The number of anilines is 1. The first kappa shape index (κ1) is 14.7. The van der Waals surface area contributed by atoms with Crippen LogP contribution in [-0.2, 0) is 16.0 Å². The number of nitrogens with one attached hydrogen (secondary N) is 1. The number of hydrogen-bond acceptors (Lipinski definition) is 3. The molecule has 0 aromatic heterocycles. The van der Waals surface area contributed by atoms with Crippen molar-refractivity contribution in [2.24, 2.45) is 0 Å². The highest BCUT2D eigenvalue weighted by molar-refractivity contribution is 7.93. The lowest BCUT2D eigenvalue weighted by Gasteiger charge is -2.41. The molecule has 0 atom stereocenters. The van der Waals surface area contributed by atoms with E-state index in [1.54, 1.807) is 0 Å². The van der Waals surface area contributed by atoms with E-state index in [9.17, 15) is 21.6 Å². The van der Waals surface area contributed by atoms with Crippen LogP contribution in [0.15, 0.2) is 23.1 Å². The zero-order chi connectivity index (χ0) is 15.3. The van der Waals surface area contributed by atoms with Crippen molar-refractivity contribution < 1.29 is 21.6 Å². The lowest BCUT2D eigenvalue weighted by molar-refractivity contribution is -0.139. The third-order valence-electron chi connectivity index (χ3n) is 4.53. The van der Waals surface area contributed by atoms with Crippen molar-refractivity contribution in [2.45, 2.75) is 47.9 Å². The first-order valence-electron chi connectivity index (χ1n) is 6.97. The number of rotatable bonds is 0. The van der Waals surface area contributed by atoms with Gasteiger partial charge in [-0.25, -0.2) is 8.42 Å². The highest BCUT2D eigenvalue weighted by Crippen LogP contribution is 2.48. The summed E-state index contributed by atoms with van der Waals surface area (Å²) >= 11 is 0. The van der Waals surface area contributed by atoms with Gasteiger partial charge in [-0.1, -0.05) is 25.3 Å². The number of alkyl halides is 3. The number of hydrogen-bond donors (Lipinski definition) is 1. The summed E-state index contributed by atoms with van der Waals surface area (Å²) in [5, 5.41) is 2.91. The molecule has 1 aromatic rings. The van der Waals surface area contributed by atoms with Crippen LogP contribution >= 0.6 is 0 Å². The summed E-state index contributed by atoms with van der Waals surface area (Å²) in [5.41, 5.74) is -0.988. The van der Waals surface area contributed by atoms with Gasteiger partial charge in [0.1, 0.15) is 4.90 Å². The molecule has 116 valence electrons. The minimum atomic E-state index is -4.67. The van der Waals surface area contributed by atoms with Crippen molar-refractivity contribution in [1.82, 2.24) is 0 Å². The van der Waals surface area contributed by atoms with Gasteiger partial charge in [-0.3, -0.25) is 0 Å². The zero-order valence-corrected chi connectivity index (χ0v) is 12.1. The second-order valence-electron chi connectivity index (χ2n) is 5.78. The van der Waals surface area contributed by atoms with Crippen molar-refractivity contribution in [3.63, 3.8) is 0 Å². The molecule has 1 aliphatic heterocycles. The van der Waals surface area contributed by atoms with Crippen molar-refractivity contribution in [3.8, 4) is 0 Å². The molecule has 1 fully saturated rings. The largest absolute Gasteiger partial charge is 0.417 e. The van der Waals surface area contributed by atoms with E-state index < -0.39 is 31.2 Å². The van der Waals surface area contributed by atoms with Crippen LogP contribution in [0.4, 0.5) is 18.9 Å². The van der Waals surface area contributed by atoms with E-state index in [0.29, 0.717) is 12.8 Å². The van der Waals surface area contributed by atoms with Gasteiger partial charge in [0, 0.05) is 6.54 Å². The molecule has 0 unspecified atom stereocenters. The second-order valence-corrected chi connectivity index (χ2v) is 8.06. The molecule has 3 nitrogen and oxygen atoms in total. The minimum absolute atomic E-state index is 0.0704. The quantitative estimate of drug-likeness (QED) is 0.794. The number of fused-ring (bicyclic) bond motifs is 1. The summed E-state index contributed by atoms with van der Waals surface area (Å²) in [7, 11) is -4.00. The van der Waals surface area contributed by atoms with E-state index >= 15 is 0 Å². The van der Waals surface area contributed by atoms with Crippen LogP contribution in [0.3, 0.4) is 0 Å². The molecule has 7 heteroatoms. The van der Waals surface area contributed by atoms with E-state index in [4.69, 9.17) is 0 Å². The molecule has 1 aliphatic carbocycles. The fourth-order valence-corrected chi connectivity index (χ4v) is 5.82. The molecule has 0 saturated heterocycles. The number of sulfone groups is 1. The normalized spacial score (nSPS) is 23.4. The van der Waals surface area contributed by atoms with Gasteiger partial charge >= 0.3 is 6.18 Å². The van der Waals surface area contributed by atoms with Gasteiger partial charge in [-0.2, -0.15) is 13.2 Å². The fraction of sp³-hybridized carbons (Fsp3) is 0.571. The predicted octanol–water partition coefficient (Wildman–Crippen LogP) is 3.61. The maximum absolute atomic E-state index is 13.2. The Kier molecular flexibility index (Phi) is 3.24. The summed E-state index contributed by atoms with van der Waals surface area (Å²) in [5.74, 6) is 0. The Bertz CT molecular complexity index is 661. The smallest absolute Gasteiger partial charge is 0.382 e. The van der Waals surface area contributed by atoms with Crippen LogP contribution in [0, 0.1) is 0 Å². The Hall–Kier alpha value is -1.24. The van der Waals surface area contributed by atoms with Gasteiger partial charge in [-0.05, 0) is 25.0 Å². The van der Waals surface area contributed by atoms with E-state index in [-0.39, 0.29) is 12.2 Å². The topological polar surface area (TPSA) is 46.2 Å². The van der Waals surface area contributed by atoms with Gasteiger partial charge in [0.25, 0.3) is 0 Å². The molecular formula is C14H16F3NO2S. The minimum Gasteiger partial charge on any atom is -0.382 e. The third-order valence-corrected chi connectivity index (χ3v) is 7.20. The Balaban J connectivity index is 2.22. The highest BCUT2D eigenvalue weighted by Gasteiger charge is 2.52. The van der Waals surface area contributed by atoms with E-state index in [0.717, 1.165) is 25.3 Å². The lowest BCUT2D eigenvalue weighted by Crippen LogP contribution is -2.50. The molecule has 21 heavy (non-hydrogen) atoms. The summed E-state index contributed by atoms with van der Waals surface area (Å²) in [6.45, 7) is 0.198. The number of benzene rings is 1. The van der Waals surface area contributed by atoms with Gasteiger partial charge in [0.15, 0.2) is 9.84 Å². The Morgan fingerprint density at radius 1 is 1.10 bits per heavy atom. The van der Waals surface area contributed by atoms with Crippen molar-refractivity contribution >= 4 is 15.5 Å². The predicted molar refractivity (Wildman–Crippen MR) is 72.9 cm³/mol. The van der Waals surface area contributed by atoms with Crippen LogP contribution in [0.2, 0.25) is 0 Å². The third kappa shape index (κ3) is 2.13. The van der Waals surface area contributed by atoms with E-state index in [1.165, 1.54) is 12.1 Å². The van der Waals surface area contributed by atoms with Crippen LogP contribution in [-0.4, -0.2) is 19.7 Å². The maximum atomic E-state index is 13.2. The lowest BCUT2D eigenvalue weighted by atomic mass is 9.88. The highest BCUT2D eigenvalue weighted by atomic mass is 32.2. The van der Waals surface area contributed by atoms with Crippen molar-refractivity contribution in [1.29, 1.82) is 0 Å². The SMILES string of the molecule is O=S1(=O)c2c(cccc2C(F)(F)F)NCC12CCCCC2. The van der Waals surface area contributed by atoms with E-state index in [1.807, 2.05) is 0 Å². The Labute approximate surface area is 121 Å². The molecule has 3 rings (SSSR count). The maximum Gasteiger partial charge on any atom is 0.417 e. The van der Waals surface area contributed by atoms with Gasteiger partial charge in [0.2, 0.25) is 0 Å². The van der Waals surface area contributed by atoms with E-state index in [2.05, 4.69) is 5.32 Å². The molecule has 0 radical (unpaired) electrons. The van der Waals surface area contributed by atoms with Crippen LogP contribution in [0.25, 0.3) is 0 Å². The molecular weight excluding hydrogens is 303 g/mol. The monoisotopic (exact) mass is 319 g/mol. The van der Waals surface area contributed by atoms with Crippen LogP contribution < -0.4 is 5.32 Å². The molecule has 1 heterocycles. The van der Waals surface area contributed by atoms with Crippen LogP contribution in [0.1, 0.15) is 37.7 Å². The average Bonchev–Trinajstić information content (AvgIpc) is 2.43. The first-order chi connectivity index (χ1) is 9.78. The Morgan fingerprint density at radius 2 is 1.76 bits per heavy atom. The number of halogens is 3. The molecule has 0 bridgehead atoms. The molecule has 1 saturated carbocycles.